The Hall–Kier alpha value is -8.38. The van der Waals surface area contributed by atoms with Gasteiger partial charge in [-0.05, 0) is 154 Å². The number of hydrogen-bond acceptors (Lipinski definition) is 11. The van der Waals surface area contributed by atoms with Crippen molar-refractivity contribution in [3.8, 4) is 11.1 Å². The minimum atomic E-state index is -5.15. The lowest BCUT2D eigenvalue weighted by Crippen LogP contribution is -2.50. The smallest absolute Gasteiger partial charge is 0.416 e. The number of ether oxygens (including phenoxy) is 3. The van der Waals surface area contributed by atoms with Gasteiger partial charge in [-0.25, -0.2) is 9.18 Å². The average molecular weight is 1330 g/mol. The predicted molar refractivity (Wildman–Crippen MR) is 351 cm³/mol. The Balaban J connectivity index is 0.596. The van der Waals surface area contributed by atoms with Crippen LogP contribution in [0.15, 0.2) is 146 Å². The van der Waals surface area contributed by atoms with Crippen LogP contribution >= 0.6 is 0 Å². The molecular formula is C73H83F7N8O8. The van der Waals surface area contributed by atoms with Crippen LogP contribution in [-0.2, 0) is 58.4 Å². The van der Waals surface area contributed by atoms with Gasteiger partial charge in [0.2, 0.25) is 17.7 Å². The molecule has 1 aliphatic carbocycles. The Morgan fingerprint density at radius 3 is 2.01 bits per heavy atom. The molecule has 0 unspecified atom stereocenters. The number of fused-ring (bicyclic) bond motifs is 2. The quantitative estimate of drug-likeness (QED) is 0.0350. The highest BCUT2D eigenvalue weighted by atomic mass is 19.4. The summed E-state index contributed by atoms with van der Waals surface area (Å²) in [5.41, 5.74) is 1.29. The monoisotopic (exact) mass is 1330 g/mol. The van der Waals surface area contributed by atoms with Gasteiger partial charge in [0.1, 0.15) is 30.9 Å². The van der Waals surface area contributed by atoms with Crippen molar-refractivity contribution in [3.63, 3.8) is 0 Å². The van der Waals surface area contributed by atoms with Gasteiger partial charge >= 0.3 is 18.4 Å². The summed E-state index contributed by atoms with van der Waals surface area (Å²) in [4.78, 5) is 75.1. The highest BCUT2D eigenvalue weighted by Crippen LogP contribution is 2.48. The summed E-state index contributed by atoms with van der Waals surface area (Å²) in [6, 6.07) is 39.4. The zero-order valence-electron chi connectivity index (χ0n) is 54.1. The fourth-order valence-corrected chi connectivity index (χ4v) is 13.5. The maximum absolute atomic E-state index is 14.2. The average Bonchev–Trinajstić information content (AvgIpc) is 1.59. The Labute approximate surface area is 555 Å². The van der Waals surface area contributed by atoms with Crippen LogP contribution < -0.4 is 16.0 Å². The van der Waals surface area contributed by atoms with E-state index in [2.05, 4.69) is 37.9 Å². The summed E-state index contributed by atoms with van der Waals surface area (Å²) < 4.78 is 115. The molecule has 96 heavy (non-hydrogen) atoms. The number of nitrogens with one attached hydrogen (secondary N) is 3. The molecule has 3 heterocycles. The molecule has 5 amide bonds. The first-order chi connectivity index (χ1) is 46.0. The molecular weight excluding hydrogens is 1250 g/mol. The topological polar surface area (TPSA) is 165 Å². The zero-order chi connectivity index (χ0) is 68.0. The molecule has 0 saturated carbocycles. The Bertz CT molecular complexity index is 3590. The van der Waals surface area contributed by atoms with Crippen molar-refractivity contribution >= 4 is 46.8 Å². The Kier molecular flexibility index (Phi) is 23.2. The van der Waals surface area contributed by atoms with Crippen LogP contribution in [0.5, 0.6) is 0 Å². The van der Waals surface area contributed by atoms with Crippen LogP contribution in [0.1, 0.15) is 109 Å². The maximum atomic E-state index is 14.2. The molecule has 0 aromatic heterocycles. The fourth-order valence-electron chi connectivity index (χ4n) is 13.5. The second kappa shape index (κ2) is 31.7. The largest absolute Gasteiger partial charge is 0.446 e. The van der Waals surface area contributed by atoms with Gasteiger partial charge in [0, 0.05) is 101 Å². The third-order valence-electron chi connectivity index (χ3n) is 19.1. The summed E-state index contributed by atoms with van der Waals surface area (Å²) in [6.07, 6.45) is -3.94. The first-order valence-corrected chi connectivity index (χ1v) is 32.9. The molecule has 3 fully saturated rings. The molecule has 23 heteroatoms. The standard InChI is InChI=1S/C73H83F7N8O8/c1-84(36-13-20-65(89)82-59-28-26-58(27-29-59)81-35-12-4-7-21-66(90)85(2)42-43-86-37-30-60(31-38-86)96-69(93)83-63-19-11-9-17-61(63)51-14-5-3-6-15-51)67(91)48-94-64-46-52-16-8-10-18-62(52)70(64)32-39-87(40-33-70)41-34-71(54-22-24-57(74)25-23-54)49-88(50-95-71)68(92)53-44-55(72(75,76)77)47-56(45-53)73(78,79)80/h3,5-6,8-11,14-19,22-29,44-45,47,60,64,81H,4,7,12-13,20-21,30-43,46,48-50H2,1-2H3,(H,82,89)(H,83,93)/t64-,71-/m0/s1. The zero-order valence-corrected chi connectivity index (χ0v) is 54.1. The van der Waals surface area contributed by atoms with Crippen molar-refractivity contribution in [2.24, 2.45) is 0 Å². The summed E-state index contributed by atoms with van der Waals surface area (Å²) in [7, 11) is 3.53. The number of rotatable bonds is 26. The van der Waals surface area contributed by atoms with Crippen LogP contribution in [0, 0.1) is 5.82 Å². The van der Waals surface area contributed by atoms with Crippen LogP contribution in [0.2, 0.25) is 0 Å². The summed E-state index contributed by atoms with van der Waals surface area (Å²) in [6.45, 7) is 4.84. The lowest BCUT2D eigenvalue weighted by molar-refractivity contribution is -0.143. The SMILES string of the molecule is CN(CCN1CCC(OC(=O)Nc2ccccc2-c2ccccc2)CC1)C(=O)CCCCCNc1ccc(NC(=O)CCCN(C)C(=O)CO[C@H]2Cc3ccccc3C23CCN(CC[C@@]2(c4ccc(F)cc4)CN(C(=O)c4cc(C(F)(F)F)cc(C(F)(F)F)c4)CO2)CC3)cc1. The number of nitrogens with zero attached hydrogens (tertiary/aromatic N) is 5. The van der Waals surface area contributed by atoms with Crippen LogP contribution in [0.25, 0.3) is 11.1 Å². The Morgan fingerprint density at radius 2 is 1.30 bits per heavy atom. The number of benzene rings is 6. The van der Waals surface area contributed by atoms with E-state index in [4.69, 9.17) is 14.2 Å². The molecule has 10 rings (SSSR count). The lowest BCUT2D eigenvalue weighted by atomic mass is 9.72. The molecule has 6 aromatic carbocycles. The van der Waals surface area contributed by atoms with Crippen molar-refractivity contribution in [3.05, 3.63) is 185 Å². The number of para-hydroxylation sites is 1. The highest BCUT2D eigenvalue weighted by molar-refractivity contribution is 5.95. The normalized spacial score (nSPS) is 18.2. The van der Waals surface area contributed by atoms with Crippen molar-refractivity contribution < 1.29 is 68.9 Å². The van der Waals surface area contributed by atoms with Gasteiger partial charge in [0.05, 0.1) is 29.5 Å². The van der Waals surface area contributed by atoms with E-state index in [1.165, 1.54) is 24.3 Å². The van der Waals surface area contributed by atoms with Crippen LogP contribution in [0.4, 0.5) is 52.6 Å². The molecule has 3 N–H and O–H groups in total. The minimum Gasteiger partial charge on any atom is -0.446 e. The fraction of sp³-hybridized carbons (Fsp3) is 0.438. The molecule has 512 valence electrons. The van der Waals surface area contributed by atoms with Gasteiger partial charge in [-0.1, -0.05) is 91.3 Å². The van der Waals surface area contributed by atoms with Crippen molar-refractivity contribution in [2.45, 2.75) is 113 Å². The third kappa shape index (κ3) is 18.2. The van der Waals surface area contributed by atoms with Gasteiger partial charge in [-0.2, -0.15) is 26.3 Å². The third-order valence-corrected chi connectivity index (χ3v) is 19.1. The molecule has 0 bridgehead atoms. The Morgan fingerprint density at radius 1 is 0.656 bits per heavy atom. The highest BCUT2D eigenvalue weighted by Gasteiger charge is 2.50. The van der Waals surface area contributed by atoms with Gasteiger partial charge in [0.25, 0.3) is 5.91 Å². The van der Waals surface area contributed by atoms with E-state index in [1.807, 2.05) is 98.0 Å². The molecule has 3 aliphatic heterocycles. The van der Waals surface area contributed by atoms with E-state index in [0.717, 1.165) is 91.1 Å². The second-order valence-electron chi connectivity index (χ2n) is 25.6. The number of carbonyl (C=O) groups is 5. The number of carbonyl (C=O) groups excluding carboxylic acids is 5. The minimum absolute atomic E-state index is 0.0300. The number of likely N-dealkylation sites (N-methyl/N-ethyl adjacent to an activating group) is 2. The van der Waals surface area contributed by atoms with E-state index in [9.17, 15) is 54.7 Å². The number of piperidine rings is 2. The number of likely N-dealkylation sites (tertiary alicyclic amines) is 2. The van der Waals surface area contributed by atoms with Crippen molar-refractivity contribution in [2.75, 3.05) is 109 Å². The van der Waals surface area contributed by atoms with E-state index < -0.39 is 64.6 Å². The number of anilines is 3. The van der Waals surface area contributed by atoms with Crippen molar-refractivity contribution in [1.82, 2.24) is 24.5 Å². The van der Waals surface area contributed by atoms with Gasteiger partial charge in [-0.3, -0.25) is 24.5 Å². The molecule has 4 aliphatic rings. The molecule has 16 nitrogen and oxygen atoms in total. The molecule has 3 saturated heterocycles. The predicted octanol–water partition coefficient (Wildman–Crippen LogP) is 13.2. The molecule has 0 radical (unpaired) electrons. The number of halogens is 7. The molecule has 6 aromatic rings. The number of alkyl halides is 6. The van der Waals surface area contributed by atoms with Crippen LogP contribution in [-0.4, -0.2) is 159 Å². The van der Waals surface area contributed by atoms with E-state index in [-0.39, 0.29) is 62.0 Å². The maximum Gasteiger partial charge on any atom is 0.416 e. The lowest BCUT2D eigenvalue weighted by Gasteiger charge is -2.44. The summed E-state index contributed by atoms with van der Waals surface area (Å²) >= 11 is 0. The van der Waals surface area contributed by atoms with Gasteiger partial charge < -0.3 is 49.3 Å². The van der Waals surface area contributed by atoms with Gasteiger partial charge in [0.15, 0.2) is 0 Å². The van der Waals surface area contributed by atoms with Gasteiger partial charge in [-0.15, -0.1) is 0 Å². The summed E-state index contributed by atoms with van der Waals surface area (Å²) in [5.74, 6) is -1.89. The first kappa shape index (κ1) is 70.4. The molecule has 2 atom stereocenters. The van der Waals surface area contributed by atoms with Crippen LogP contribution in [0.3, 0.4) is 0 Å². The number of hydrogen-bond donors (Lipinski definition) is 3. The van der Waals surface area contributed by atoms with E-state index in [1.54, 1.807) is 16.8 Å². The number of unbranched alkanes of at least 4 members (excludes halogenated alkanes) is 2. The van der Waals surface area contributed by atoms with E-state index in [0.29, 0.717) is 93.9 Å². The van der Waals surface area contributed by atoms with Crippen molar-refractivity contribution in [1.29, 1.82) is 0 Å². The second-order valence-corrected chi connectivity index (χ2v) is 25.6. The first-order valence-electron chi connectivity index (χ1n) is 32.9. The molecule has 1 spiro atoms. The number of amides is 5. The summed E-state index contributed by atoms with van der Waals surface area (Å²) in [5, 5.41) is 9.28. The van der Waals surface area contributed by atoms with E-state index >= 15 is 0 Å².